The topological polar surface area (TPSA) is 58.6 Å². The number of benzene rings is 1. The predicted octanol–water partition coefficient (Wildman–Crippen LogP) is 1.96. The maximum Gasteiger partial charge on any atom is 0.272 e. The zero-order valence-electron chi connectivity index (χ0n) is 12.9. The lowest BCUT2D eigenvalue weighted by atomic mass is 10.2. The molecule has 1 fully saturated rings. The van der Waals surface area contributed by atoms with Crippen LogP contribution in [0.3, 0.4) is 0 Å². The minimum absolute atomic E-state index is 0.106. The Kier molecular flexibility index (Phi) is 5.90. The maximum atomic E-state index is 12.2. The number of ether oxygens (including phenoxy) is 1. The van der Waals surface area contributed by atoms with Gasteiger partial charge in [-0.25, -0.2) is 8.78 Å². The van der Waals surface area contributed by atoms with Crippen molar-refractivity contribution < 1.29 is 23.1 Å². The first-order valence-electron chi connectivity index (χ1n) is 7.52. The number of nitrogens with zero attached hydrogens (tertiary/aromatic N) is 1. The van der Waals surface area contributed by atoms with Crippen LogP contribution in [0.15, 0.2) is 24.3 Å². The van der Waals surface area contributed by atoms with Crippen LogP contribution in [0, 0.1) is 0 Å². The summed E-state index contributed by atoms with van der Waals surface area (Å²) in [6.07, 6.45) is -1.06. The van der Waals surface area contributed by atoms with Gasteiger partial charge in [-0.1, -0.05) is 12.1 Å². The molecular weight excluding hydrogens is 306 g/mol. The van der Waals surface area contributed by atoms with Gasteiger partial charge in [0.25, 0.3) is 6.43 Å². The summed E-state index contributed by atoms with van der Waals surface area (Å²) in [5.74, 6) is 0.0323. The molecule has 1 aromatic carbocycles. The highest BCUT2D eigenvalue weighted by atomic mass is 19.3. The molecule has 1 atom stereocenters. The second kappa shape index (κ2) is 7.89. The standard InChI is InChI=1S/C16H20F2N2O3/c1-11(21)20-7-3-6-14(20)16(22)19-9-12-4-2-5-13(8-12)23-10-15(17)18/h2,4-5,8,14-15H,3,6-7,9-10H2,1H3,(H,19,22)/t14-/m1/s1. The molecule has 2 amide bonds. The summed E-state index contributed by atoms with van der Waals surface area (Å²) in [5.41, 5.74) is 0.748. The van der Waals surface area contributed by atoms with Gasteiger partial charge in [-0.3, -0.25) is 9.59 Å². The average molecular weight is 326 g/mol. The number of halogens is 2. The van der Waals surface area contributed by atoms with Crippen molar-refractivity contribution in [2.45, 2.75) is 38.8 Å². The van der Waals surface area contributed by atoms with Crippen LogP contribution in [-0.4, -0.2) is 42.3 Å². The van der Waals surface area contributed by atoms with Crippen molar-refractivity contribution in [2.24, 2.45) is 0 Å². The molecule has 1 saturated heterocycles. The molecule has 0 spiro atoms. The van der Waals surface area contributed by atoms with Gasteiger partial charge in [0, 0.05) is 20.0 Å². The molecule has 1 heterocycles. The number of amides is 2. The van der Waals surface area contributed by atoms with Crippen LogP contribution in [0.4, 0.5) is 8.78 Å². The Balaban J connectivity index is 1.89. The number of nitrogens with one attached hydrogen (secondary N) is 1. The highest BCUT2D eigenvalue weighted by molar-refractivity contribution is 5.87. The Morgan fingerprint density at radius 2 is 2.22 bits per heavy atom. The number of hydrogen-bond donors (Lipinski definition) is 1. The minimum atomic E-state index is -2.53. The number of carbonyl (C=O) groups excluding carboxylic acids is 2. The van der Waals surface area contributed by atoms with Crippen molar-refractivity contribution in [3.8, 4) is 5.75 Å². The predicted molar refractivity (Wildman–Crippen MR) is 80.2 cm³/mol. The number of rotatable bonds is 6. The molecule has 1 aliphatic rings. The molecule has 0 unspecified atom stereocenters. The van der Waals surface area contributed by atoms with E-state index in [1.807, 2.05) is 0 Å². The third kappa shape index (κ3) is 4.91. The van der Waals surface area contributed by atoms with E-state index < -0.39 is 19.1 Å². The number of alkyl halides is 2. The zero-order valence-corrected chi connectivity index (χ0v) is 12.9. The van der Waals surface area contributed by atoms with Gasteiger partial charge in [-0.05, 0) is 30.5 Å². The fourth-order valence-corrected chi connectivity index (χ4v) is 2.63. The molecule has 0 aliphatic carbocycles. The van der Waals surface area contributed by atoms with Gasteiger partial charge in [0.1, 0.15) is 18.4 Å². The van der Waals surface area contributed by atoms with Crippen LogP contribution < -0.4 is 10.1 Å². The Morgan fingerprint density at radius 1 is 1.43 bits per heavy atom. The summed E-state index contributed by atoms with van der Waals surface area (Å²) in [4.78, 5) is 25.2. The minimum Gasteiger partial charge on any atom is -0.488 e. The highest BCUT2D eigenvalue weighted by Crippen LogP contribution is 2.18. The molecule has 1 N–H and O–H groups in total. The number of likely N-dealkylation sites (tertiary alicyclic amines) is 1. The third-order valence-electron chi connectivity index (χ3n) is 3.70. The molecule has 0 bridgehead atoms. The van der Waals surface area contributed by atoms with E-state index in [0.29, 0.717) is 18.7 Å². The summed E-state index contributed by atoms with van der Waals surface area (Å²) in [7, 11) is 0. The van der Waals surface area contributed by atoms with Crippen molar-refractivity contribution in [3.05, 3.63) is 29.8 Å². The second-order valence-corrected chi connectivity index (χ2v) is 5.44. The van der Waals surface area contributed by atoms with Crippen LogP contribution >= 0.6 is 0 Å². The van der Waals surface area contributed by atoms with Crippen molar-refractivity contribution in [1.29, 1.82) is 0 Å². The van der Waals surface area contributed by atoms with Gasteiger partial charge in [0.05, 0.1) is 0 Å². The Morgan fingerprint density at radius 3 is 2.91 bits per heavy atom. The number of hydrogen-bond acceptors (Lipinski definition) is 3. The molecule has 7 heteroatoms. The van der Waals surface area contributed by atoms with Crippen LogP contribution in [0.2, 0.25) is 0 Å². The van der Waals surface area contributed by atoms with E-state index in [1.54, 1.807) is 29.2 Å². The highest BCUT2D eigenvalue weighted by Gasteiger charge is 2.31. The lowest BCUT2D eigenvalue weighted by molar-refractivity contribution is -0.136. The molecule has 1 aliphatic heterocycles. The monoisotopic (exact) mass is 326 g/mol. The summed E-state index contributed by atoms with van der Waals surface area (Å²) in [5, 5.41) is 2.78. The summed E-state index contributed by atoms with van der Waals surface area (Å²) >= 11 is 0. The van der Waals surface area contributed by atoms with Gasteiger partial charge in [0.2, 0.25) is 11.8 Å². The van der Waals surface area contributed by atoms with Gasteiger partial charge in [0.15, 0.2) is 0 Å². The van der Waals surface area contributed by atoms with Crippen molar-refractivity contribution in [1.82, 2.24) is 10.2 Å². The van der Waals surface area contributed by atoms with Gasteiger partial charge < -0.3 is 15.0 Å². The largest absolute Gasteiger partial charge is 0.488 e. The fourth-order valence-electron chi connectivity index (χ4n) is 2.63. The molecular formula is C16H20F2N2O3. The molecule has 0 aromatic heterocycles. The second-order valence-electron chi connectivity index (χ2n) is 5.44. The molecule has 23 heavy (non-hydrogen) atoms. The first-order chi connectivity index (χ1) is 11.0. The van der Waals surface area contributed by atoms with Gasteiger partial charge in [-0.15, -0.1) is 0 Å². The lowest BCUT2D eigenvalue weighted by Gasteiger charge is -2.22. The van der Waals surface area contributed by atoms with E-state index in [4.69, 9.17) is 4.74 Å². The van der Waals surface area contributed by atoms with Gasteiger partial charge in [-0.2, -0.15) is 0 Å². The third-order valence-corrected chi connectivity index (χ3v) is 3.70. The van der Waals surface area contributed by atoms with Crippen molar-refractivity contribution in [2.75, 3.05) is 13.2 Å². The molecule has 1 aromatic rings. The summed E-state index contributed by atoms with van der Waals surface area (Å²) in [6, 6.07) is 6.22. The Labute approximate surface area is 133 Å². The van der Waals surface area contributed by atoms with Crippen LogP contribution in [0.5, 0.6) is 5.75 Å². The summed E-state index contributed by atoms with van der Waals surface area (Å²) < 4.78 is 29.2. The Bertz CT molecular complexity index is 566. The quantitative estimate of drug-likeness (QED) is 0.869. The van der Waals surface area contributed by atoms with Crippen LogP contribution in [-0.2, 0) is 16.1 Å². The van der Waals surface area contributed by atoms with Crippen LogP contribution in [0.25, 0.3) is 0 Å². The maximum absolute atomic E-state index is 12.2. The first kappa shape index (κ1) is 17.2. The fraction of sp³-hybridized carbons (Fsp3) is 0.500. The van der Waals surface area contributed by atoms with E-state index in [1.165, 1.54) is 6.92 Å². The molecule has 126 valence electrons. The summed E-state index contributed by atoms with van der Waals surface area (Å²) in [6.45, 7) is 1.65. The average Bonchev–Trinajstić information content (AvgIpc) is 3.01. The van der Waals surface area contributed by atoms with Crippen molar-refractivity contribution >= 4 is 11.8 Å². The smallest absolute Gasteiger partial charge is 0.272 e. The van der Waals surface area contributed by atoms with Gasteiger partial charge >= 0.3 is 0 Å². The molecule has 5 nitrogen and oxygen atoms in total. The van der Waals surface area contributed by atoms with Crippen LogP contribution in [0.1, 0.15) is 25.3 Å². The Hall–Kier alpha value is -2.18. The molecule has 0 radical (unpaired) electrons. The van der Waals surface area contributed by atoms with E-state index in [9.17, 15) is 18.4 Å². The first-order valence-corrected chi connectivity index (χ1v) is 7.52. The van der Waals surface area contributed by atoms with Crippen molar-refractivity contribution in [3.63, 3.8) is 0 Å². The van der Waals surface area contributed by atoms with E-state index in [2.05, 4.69) is 5.32 Å². The van der Waals surface area contributed by atoms with E-state index in [0.717, 1.165) is 12.0 Å². The zero-order chi connectivity index (χ0) is 16.8. The van der Waals surface area contributed by atoms with E-state index in [-0.39, 0.29) is 18.4 Å². The molecule has 2 rings (SSSR count). The van der Waals surface area contributed by atoms with E-state index >= 15 is 0 Å². The number of carbonyl (C=O) groups is 2. The lowest BCUT2D eigenvalue weighted by Crippen LogP contribution is -2.44. The SMILES string of the molecule is CC(=O)N1CCC[C@@H]1C(=O)NCc1cccc(OCC(F)F)c1. The normalized spacial score (nSPS) is 17.4. The molecule has 0 saturated carbocycles.